The molecular formula is C25H15BrCl4N2O5. The molecule has 0 N–H and O–H groups in total. The van der Waals surface area contributed by atoms with Gasteiger partial charge in [-0.05, 0) is 42.5 Å². The van der Waals surface area contributed by atoms with Crippen molar-refractivity contribution in [3.8, 4) is 11.5 Å². The lowest BCUT2D eigenvalue weighted by Gasteiger charge is -2.50. The molecule has 37 heavy (non-hydrogen) atoms. The van der Waals surface area contributed by atoms with E-state index in [9.17, 15) is 14.4 Å². The summed E-state index contributed by atoms with van der Waals surface area (Å²) in [4.78, 5) is 43.2. The predicted molar refractivity (Wildman–Crippen MR) is 145 cm³/mol. The van der Waals surface area contributed by atoms with E-state index in [4.69, 9.17) is 55.9 Å². The number of imide groups is 1. The fourth-order valence-electron chi connectivity index (χ4n) is 4.61. The van der Waals surface area contributed by atoms with E-state index in [2.05, 4.69) is 15.9 Å². The van der Waals surface area contributed by atoms with Gasteiger partial charge in [0.15, 0.2) is 0 Å². The average Bonchev–Trinajstić information content (AvgIpc) is 3.15. The van der Waals surface area contributed by atoms with Crippen LogP contribution < -0.4 is 14.4 Å². The molecule has 0 bridgehead atoms. The van der Waals surface area contributed by atoms with Crippen LogP contribution in [0.25, 0.3) is 0 Å². The van der Waals surface area contributed by atoms with Crippen molar-refractivity contribution in [2.75, 3.05) is 19.1 Å². The summed E-state index contributed by atoms with van der Waals surface area (Å²) in [6.45, 7) is 0. The summed E-state index contributed by atoms with van der Waals surface area (Å²) in [5, 5.41) is -0.729. The number of nitrogens with zero attached hydrogens (tertiary/aromatic N) is 2. The minimum absolute atomic E-state index is 0.155. The number of ether oxygens (including phenoxy) is 2. The van der Waals surface area contributed by atoms with E-state index in [1.807, 2.05) is 0 Å². The molecule has 0 aromatic heterocycles. The Morgan fingerprint density at radius 3 is 1.81 bits per heavy atom. The summed E-state index contributed by atoms with van der Waals surface area (Å²) in [5.74, 6) is -1.16. The van der Waals surface area contributed by atoms with Crippen molar-refractivity contribution in [1.82, 2.24) is 4.90 Å². The smallest absolute Gasteiger partial charge is 0.264 e. The third kappa shape index (κ3) is 3.89. The molecule has 3 aromatic rings. The lowest BCUT2D eigenvalue weighted by atomic mass is 9.85. The number of β-lactam (4-membered cyclic amide) rings is 1. The Bertz CT molecular complexity index is 1450. The van der Waals surface area contributed by atoms with Gasteiger partial charge in [0.2, 0.25) is 0 Å². The van der Waals surface area contributed by atoms with Crippen molar-refractivity contribution in [1.29, 1.82) is 0 Å². The van der Waals surface area contributed by atoms with E-state index >= 15 is 0 Å². The number of hydrogen-bond acceptors (Lipinski definition) is 5. The van der Waals surface area contributed by atoms with Gasteiger partial charge in [-0.3, -0.25) is 19.3 Å². The second kappa shape index (κ2) is 9.67. The van der Waals surface area contributed by atoms with Gasteiger partial charge in [0, 0.05) is 15.7 Å². The van der Waals surface area contributed by atoms with Crippen LogP contribution in [0.15, 0.2) is 46.9 Å². The van der Waals surface area contributed by atoms with Gasteiger partial charge in [-0.15, -0.1) is 0 Å². The molecule has 1 saturated heterocycles. The molecule has 2 heterocycles. The van der Waals surface area contributed by atoms with Crippen molar-refractivity contribution >= 4 is 85.7 Å². The minimum Gasteiger partial charge on any atom is -0.497 e. The fourth-order valence-corrected chi connectivity index (χ4v) is 5.89. The molecule has 0 unspecified atom stereocenters. The first-order valence-electron chi connectivity index (χ1n) is 10.7. The Hall–Kier alpha value is -2.49. The van der Waals surface area contributed by atoms with E-state index in [1.165, 1.54) is 19.1 Å². The summed E-state index contributed by atoms with van der Waals surface area (Å²) in [6.07, 6.45) is 0. The highest BCUT2D eigenvalue weighted by Crippen LogP contribution is 2.50. The van der Waals surface area contributed by atoms with E-state index < -0.39 is 29.8 Å². The molecule has 7 nitrogen and oxygen atoms in total. The molecule has 2 atom stereocenters. The topological polar surface area (TPSA) is 76.1 Å². The van der Waals surface area contributed by atoms with Gasteiger partial charge in [-0.1, -0.05) is 62.3 Å². The van der Waals surface area contributed by atoms with E-state index in [0.29, 0.717) is 22.7 Å². The van der Waals surface area contributed by atoms with E-state index in [1.54, 1.807) is 42.5 Å². The largest absolute Gasteiger partial charge is 0.497 e. The van der Waals surface area contributed by atoms with Crippen LogP contribution in [0.4, 0.5) is 5.69 Å². The molecule has 0 aliphatic carbocycles. The van der Waals surface area contributed by atoms with Crippen LogP contribution in [0.5, 0.6) is 11.5 Å². The molecule has 2 aliphatic rings. The second-order valence-corrected chi connectivity index (χ2v) is 10.6. The van der Waals surface area contributed by atoms with Gasteiger partial charge in [-0.25, -0.2) is 0 Å². The number of methoxy groups -OCH3 is 2. The Kier molecular flexibility index (Phi) is 6.83. The highest BCUT2D eigenvalue weighted by atomic mass is 79.9. The maximum absolute atomic E-state index is 13.7. The standard InChI is InChI=1S/C25H15BrCl4N2O5/c1-36-12-7-8-14(37-2)13(9-12)21-22(25(35)31(21)11-5-3-10(26)4-6-11)32-23(33)15-16(24(32)34)18(28)20(30)19(29)17(15)27/h3-9,21-22H,1-2H3/t21-,22+/m0/s1. The summed E-state index contributed by atoms with van der Waals surface area (Å²) >= 11 is 28.3. The van der Waals surface area contributed by atoms with Crippen LogP contribution in [0, 0.1) is 0 Å². The number of anilines is 1. The lowest BCUT2D eigenvalue weighted by molar-refractivity contribution is -0.130. The Morgan fingerprint density at radius 2 is 1.30 bits per heavy atom. The Morgan fingerprint density at radius 1 is 0.730 bits per heavy atom. The number of carbonyl (C=O) groups is 3. The number of hydrogen-bond donors (Lipinski definition) is 0. The van der Waals surface area contributed by atoms with Gasteiger partial charge in [0.1, 0.15) is 17.5 Å². The normalized spacial score (nSPS) is 18.7. The molecule has 0 saturated carbocycles. The number of fused-ring (bicyclic) bond motifs is 1. The zero-order chi connectivity index (χ0) is 26.8. The molecule has 0 radical (unpaired) electrons. The second-order valence-electron chi connectivity index (χ2n) is 8.17. The highest BCUT2D eigenvalue weighted by molar-refractivity contribution is 9.10. The monoisotopic (exact) mass is 642 g/mol. The molecule has 1 fully saturated rings. The molecule has 190 valence electrons. The minimum atomic E-state index is -1.23. The van der Waals surface area contributed by atoms with E-state index in [-0.39, 0.29) is 31.2 Å². The SMILES string of the molecule is COc1ccc(OC)c([C@H]2[C@@H](N3C(=O)c4c(Cl)c(Cl)c(Cl)c(Cl)c4C3=O)C(=O)N2c2ccc(Br)cc2)c1. The van der Waals surface area contributed by atoms with E-state index in [0.717, 1.165) is 9.37 Å². The average molecular weight is 645 g/mol. The Balaban J connectivity index is 1.68. The first-order valence-corrected chi connectivity index (χ1v) is 13.0. The van der Waals surface area contributed by atoms with Crippen molar-refractivity contribution in [3.63, 3.8) is 0 Å². The molecule has 5 rings (SSSR count). The molecule has 3 amide bonds. The van der Waals surface area contributed by atoms with Crippen LogP contribution in [0.1, 0.15) is 32.3 Å². The third-order valence-corrected chi connectivity index (χ3v) is 8.67. The fraction of sp³-hybridized carbons (Fsp3) is 0.160. The first kappa shape index (κ1) is 26.1. The van der Waals surface area contributed by atoms with Gasteiger partial charge in [-0.2, -0.15) is 0 Å². The van der Waals surface area contributed by atoms with Gasteiger partial charge in [0.25, 0.3) is 17.7 Å². The molecule has 3 aromatic carbocycles. The number of rotatable bonds is 5. The molecular weight excluding hydrogens is 630 g/mol. The molecule has 2 aliphatic heterocycles. The zero-order valence-electron chi connectivity index (χ0n) is 19.0. The van der Waals surface area contributed by atoms with Gasteiger partial charge >= 0.3 is 0 Å². The van der Waals surface area contributed by atoms with Crippen LogP contribution in [0.2, 0.25) is 20.1 Å². The van der Waals surface area contributed by atoms with Gasteiger partial charge < -0.3 is 14.4 Å². The lowest BCUT2D eigenvalue weighted by Crippen LogP contribution is -2.67. The maximum Gasteiger partial charge on any atom is 0.264 e. The number of carbonyl (C=O) groups excluding carboxylic acids is 3. The zero-order valence-corrected chi connectivity index (χ0v) is 23.6. The van der Waals surface area contributed by atoms with Crippen molar-refractivity contribution in [2.45, 2.75) is 12.1 Å². The van der Waals surface area contributed by atoms with Crippen LogP contribution in [-0.4, -0.2) is 42.9 Å². The first-order chi connectivity index (χ1) is 17.6. The number of benzene rings is 3. The number of amides is 3. The summed E-state index contributed by atoms with van der Waals surface area (Å²) in [6, 6.07) is 10.1. The summed E-state index contributed by atoms with van der Waals surface area (Å²) < 4.78 is 11.8. The van der Waals surface area contributed by atoms with Crippen molar-refractivity contribution in [2.24, 2.45) is 0 Å². The maximum atomic E-state index is 13.7. The highest BCUT2D eigenvalue weighted by Gasteiger charge is 2.59. The number of halogens is 5. The van der Waals surface area contributed by atoms with Gasteiger partial charge in [0.05, 0.1) is 51.5 Å². The quantitative estimate of drug-likeness (QED) is 0.132. The van der Waals surface area contributed by atoms with Crippen molar-refractivity contribution in [3.05, 3.63) is 83.7 Å². The third-order valence-electron chi connectivity index (χ3n) is 6.34. The Labute approximate surface area is 239 Å². The molecule has 0 spiro atoms. The van der Waals surface area contributed by atoms with Crippen LogP contribution in [-0.2, 0) is 4.79 Å². The summed E-state index contributed by atoms with van der Waals surface area (Å²) in [7, 11) is 2.99. The van der Waals surface area contributed by atoms with Crippen molar-refractivity contribution < 1.29 is 23.9 Å². The predicted octanol–water partition coefficient (Wildman–Crippen LogP) is 6.83. The molecule has 12 heteroatoms. The summed E-state index contributed by atoms with van der Waals surface area (Å²) in [5.41, 5.74) is 0.687. The van der Waals surface area contributed by atoms with Crippen LogP contribution in [0.3, 0.4) is 0 Å². The van der Waals surface area contributed by atoms with Crippen LogP contribution >= 0.6 is 62.3 Å².